The second kappa shape index (κ2) is 19.1. The summed E-state index contributed by atoms with van der Waals surface area (Å²) in [6.07, 6.45) is 3.78. The standard InChI is InChI=1S/C44H14Br8Cl8N4/c45-31-23-13-14-24(61-23)32(46)43-34(48)35(49)44(64(43)52)37(51)39-33(47)30(27-19(57)9-3-10-20(27)58)38(62-39)36(50)42-29(26-17(55)7-2-8-18(26)56)28(25-15(53)5-1-6-16(25)54)41(31)63(42)40-21(59)11-4-12-22(40)60/h1-14H. The van der Waals surface area contributed by atoms with E-state index >= 15 is 0 Å². The maximum atomic E-state index is 7.30. The van der Waals surface area contributed by atoms with Gasteiger partial charge in [-0.1, -0.05) is 117 Å². The second-order valence-electron chi connectivity index (χ2n) is 13.7. The van der Waals surface area contributed by atoms with Gasteiger partial charge in [0, 0.05) is 53.5 Å². The summed E-state index contributed by atoms with van der Waals surface area (Å²) in [5.74, 6) is 0. The van der Waals surface area contributed by atoms with Gasteiger partial charge in [-0.3, -0.25) is 3.59 Å². The Morgan fingerprint density at radius 1 is 0.375 bits per heavy atom. The van der Waals surface area contributed by atoms with Crippen LogP contribution in [-0.2, 0) is 0 Å². The van der Waals surface area contributed by atoms with Crippen LogP contribution < -0.4 is 0 Å². The first-order valence-corrected chi connectivity index (χ1v) is 27.2. The third-order valence-electron chi connectivity index (χ3n) is 10.2. The van der Waals surface area contributed by atoms with Gasteiger partial charge in [-0.2, -0.15) is 0 Å². The number of aromatic nitrogens is 4. The quantitative estimate of drug-likeness (QED) is 0.176. The summed E-state index contributed by atoms with van der Waals surface area (Å²) in [6, 6.07) is 21.1. The predicted molar refractivity (Wildman–Crippen MR) is 301 cm³/mol. The Balaban J connectivity index is 1.74. The van der Waals surface area contributed by atoms with E-state index in [1.165, 1.54) is 0 Å². The highest BCUT2D eigenvalue weighted by molar-refractivity contribution is 9.15. The SMILES string of the molecule is Clc1cccc(Cl)c1C1=C(Br)c2nc1c(Br)c1c(-c3c(Cl)cccc3Cl)c(-c3c(Cl)cccc3Cl)c(c(Br)c3nc(c(Br)c4c(Br)c(Br)c(c2Br)n4Br)C=C3)n1-c1c(Cl)cccc1Cl. The molecule has 0 amide bonds. The number of benzene rings is 4. The van der Waals surface area contributed by atoms with Crippen LogP contribution in [0.4, 0.5) is 0 Å². The molecule has 0 unspecified atom stereocenters. The van der Waals surface area contributed by atoms with Crippen LogP contribution in [0.15, 0.2) is 99.6 Å². The van der Waals surface area contributed by atoms with E-state index in [2.05, 4.69) is 128 Å². The van der Waals surface area contributed by atoms with E-state index in [1.807, 2.05) is 20.3 Å². The van der Waals surface area contributed by atoms with Crippen molar-refractivity contribution in [1.29, 1.82) is 0 Å². The molecule has 9 rings (SSSR count). The molecule has 2 aliphatic rings. The molecule has 4 nitrogen and oxygen atoms in total. The van der Waals surface area contributed by atoms with Crippen LogP contribution in [0.2, 0.25) is 40.2 Å². The van der Waals surface area contributed by atoms with E-state index in [-0.39, 0.29) is 0 Å². The van der Waals surface area contributed by atoms with E-state index in [4.69, 9.17) is 103 Å². The molecule has 0 spiro atoms. The van der Waals surface area contributed by atoms with Crippen LogP contribution in [0.3, 0.4) is 0 Å². The molecule has 7 aromatic rings. The largest absolute Gasteiger partial charge is 0.304 e. The van der Waals surface area contributed by atoms with Crippen LogP contribution in [0.5, 0.6) is 0 Å². The molecule has 0 fully saturated rings. The molecule has 5 heterocycles. The Morgan fingerprint density at radius 2 is 0.734 bits per heavy atom. The zero-order chi connectivity index (χ0) is 45.8. The summed E-state index contributed by atoms with van der Waals surface area (Å²) >= 11 is 89.5. The molecule has 0 radical (unpaired) electrons. The van der Waals surface area contributed by atoms with Gasteiger partial charge < -0.3 is 4.57 Å². The van der Waals surface area contributed by atoms with Gasteiger partial charge >= 0.3 is 0 Å². The van der Waals surface area contributed by atoms with Gasteiger partial charge in [0.05, 0.1) is 118 Å². The molecule has 322 valence electrons. The number of halogens is 16. The molecule has 8 bridgehead atoms. The Morgan fingerprint density at radius 3 is 1.19 bits per heavy atom. The zero-order valence-electron chi connectivity index (χ0n) is 30.9. The van der Waals surface area contributed by atoms with Crippen molar-refractivity contribution >= 4 is 265 Å². The number of rotatable bonds is 4. The molecule has 20 heteroatoms. The fourth-order valence-electron chi connectivity index (χ4n) is 7.51. The van der Waals surface area contributed by atoms with E-state index in [0.29, 0.717) is 155 Å². The third-order valence-corrected chi connectivity index (χ3v) is 19.3. The molecule has 0 saturated carbocycles. The van der Waals surface area contributed by atoms with Gasteiger partial charge in [0.1, 0.15) is 0 Å². The average Bonchev–Trinajstić information content (AvgIpc) is 3.99. The Bertz CT molecular complexity index is 3410. The molecular weight excluding hydrogens is 1510 g/mol. The minimum absolute atomic E-state index is 0.297. The van der Waals surface area contributed by atoms with E-state index < -0.39 is 0 Å². The predicted octanol–water partition coefficient (Wildman–Crippen LogP) is 22.0. The lowest BCUT2D eigenvalue weighted by Crippen LogP contribution is -2.00. The highest BCUT2D eigenvalue weighted by Crippen LogP contribution is 2.57. The summed E-state index contributed by atoms with van der Waals surface area (Å²) in [5, 5.41) is 2.59. The first-order chi connectivity index (χ1) is 30.5. The molecule has 0 N–H and O–H groups in total. The maximum absolute atomic E-state index is 7.30. The second-order valence-corrected chi connectivity index (χ2v) is 23.2. The molecular formula is C44H14Br8Cl8N4. The number of hydrogen-bond acceptors (Lipinski definition) is 2. The molecule has 2 aliphatic heterocycles. The number of para-hydroxylation sites is 1. The first kappa shape index (κ1) is 48.7. The van der Waals surface area contributed by atoms with Crippen molar-refractivity contribution < 1.29 is 0 Å². The Hall–Kier alpha value is -0.360. The summed E-state index contributed by atoms with van der Waals surface area (Å²) < 4.78 is 7.79. The van der Waals surface area contributed by atoms with Crippen molar-refractivity contribution in [3.8, 4) is 27.9 Å². The first-order valence-electron chi connectivity index (χ1n) is 17.9. The van der Waals surface area contributed by atoms with Crippen LogP contribution in [0.25, 0.3) is 72.2 Å². The summed E-state index contributed by atoms with van der Waals surface area (Å²) in [6.45, 7) is 0. The Labute approximate surface area is 472 Å². The third kappa shape index (κ3) is 7.97. The highest BCUT2D eigenvalue weighted by Gasteiger charge is 2.35. The van der Waals surface area contributed by atoms with Gasteiger partial charge in [-0.05, 0) is 172 Å². The summed E-state index contributed by atoms with van der Waals surface area (Å²) in [4.78, 5) is 10.6. The minimum atomic E-state index is 0.297. The van der Waals surface area contributed by atoms with Gasteiger partial charge in [0.15, 0.2) is 0 Å². The van der Waals surface area contributed by atoms with Gasteiger partial charge in [0.2, 0.25) is 0 Å². The minimum Gasteiger partial charge on any atom is -0.304 e. The smallest absolute Gasteiger partial charge is 0.0950 e. The van der Waals surface area contributed by atoms with Crippen molar-refractivity contribution in [3.05, 3.63) is 168 Å². The zero-order valence-corrected chi connectivity index (χ0v) is 49.7. The van der Waals surface area contributed by atoms with Crippen molar-refractivity contribution in [2.45, 2.75) is 0 Å². The normalized spacial score (nSPS) is 12.6. The summed E-state index contributed by atoms with van der Waals surface area (Å²) in [7, 11) is 0. The lowest BCUT2D eigenvalue weighted by Gasteiger charge is -2.16. The van der Waals surface area contributed by atoms with Gasteiger partial charge in [-0.15, -0.1) is 0 Å². The van der Waals surface area contributed by atoms with Crippen molar-refractivity contribution in [3.63, 3.8) is 0 Å². The number of nitrogens with zero attached hydrogens (tertiary/aromatic N) is 4. The monoisotopic (exact) mass is 1510 g/mol. The van der Waals surface area contributed by atoms with Crippen LogP contribution in [0.1, 0.15) is 28.3 Å². The molecule has 0 saturated heterocycles. The van der Waals surface area contributed by atoms with Gasteiger partial charge in [-0.25, -0.2) is 9.97 Å². The van der Waals surface area contributed by atoms with Crippen molar-refractivity contribution in [1.82, 2.24) is 18.1 Å². The highest BCUT2D eigenvalue weighted by atomic mass is 79.9. The van der Waals surface area contributed by atoms with Crippen molar-refractivity contribution in [2.75, 3.05) is 0 Å². The van der Waals surface area contributed by atoms with Crippen molar-refractivity contribution in [2.24, 2.45) is 0 Å². The van der Waals surface area contributed by atoms with Crippen LogP contribution >= 0.6 is 220 Å². The fourth-order valence-corrected chi connectivity index (χ4v) is 16.6. The molecule has 0 atom stereocenters. The lowest BCUT2D eigenvalue weighted by molar-refractivity contribution is 1.16. The van der Waals surface area contributed by atoms with Crippen LogP contribution in [0, 0.1) is 0 Å². The Kier molecular flexibility index (Phi) is 14.5. The lowest BCUT2D eigenvalue weighted by atomic mass is 9.95. The van der Waals surface area contributed by atoms with E-state index in [1.54, 1.807) is 72.8 Å². The average molecular weight is 1520 g/mol. The molecule has 0 aliphatic carbocycles. The van der Waals surface area contributed by atoms with Crippen LogP contribution in [-0.4, -0.2) is 18.1 Å². The topological polar surface area (TPSA) is 35.6 Å². The number of hydrogen-bond donors (Lipinski definition) is 0. The number of fused-ring (bicyclic) bond motifs is 8. The molecule has 64 heavy (non-hydrogen) atoms. The fraction of sp³-hybridized carbons (Fsp3) is 0. The maximum Gasteiger partial charge on any atom is 0.0950 e. The molecule has 3 aromatic heterocycles. The van der Waals surface area contributed by atoms with E-state index in [9.17, 15) is 0 Å². The van der Waals surface area contributed by atoms with Gasteiger partial charge in [0.25, 0.3) is 0 Å². The van der Waals surface area contributed by atoms with E-state index in [0.717, 1.165) is 0 Å². The summed E-state index contributed by atoms with van der Waals surface area (Å²) in [5.41, 5.74) is 7.51. The molecule has 4 aromatic carbocycles.